The van der Waals surface area contributed by atoms with E-state index in [9.17, 15) is 4.79 Å². The van der Waals surface area contributed by atoms with Crippen LogP contribution in [0.2, 0.25) is 0 Å². The van der Waals surface area contributed by atoms with Crippen LogP contribution in [0.4, 0.5) is 4.79 Å². The van der Waals surface area contributed by atoms with E-state index in [1.54, 1.807) is 4.90 Å². The average molecular weight is 525 g/mol. The summed E-state index contributed by atoms with van der Waals surface area (Å²) in [6.45, 7) is 8.04. The predicted molar refractivity (Wildman–Crippen MR) is 152 cm³/mol. The van der Waals surface area contributed by atoms with E-state index in [1.807, 2.05) is 33.2 Å². The fourth-order valence-corrected chi connectivity index (χ4v) is 5.43. The maximum atomic E-state index is 12.4. The molecule has 2 atom stereocenters. The number of imidazole rings is 2. The molecule has 8 heteroatoms. The van der Waals surface area contributed by atoms with Crippen LogP contribution in [0.15, 0.2) is 60.9 Å². The lowest BCUT2D eigenvalue weighted by Gasteiger charge is -2.24. The number of carbonyl (C=O) groups is 1. The number of ether oxygens (including phenoxy) is 1. The SMILES string of the molecule is CC(C)(C)OC(=O)N1CCC(c2ncc(-c3ccc(-c4ccc(-c5cnc(C6CCCN6)[nH]5)cc4)cc3)[nH]2)C1. The lowest BCUT2D eigenvalue weighted by molar-refractivity contribution is 0.0292. The molecule has 2 aromatic heterocycles. The number of nitrogens with one attached hydrogen (secondary N) is 3. The number of carbonyl (C=O) groups excluding carboxylic acids is 1. The van der Waals surface area contributed by atoms with Gasteiger partial charge in [-0.3, -0.25) is 0 Å². The Morgan fingerprint density at radius 3 is 1.97 bits per heavy atom. The number of aromatic amines is 2. The predicted octanol–water partition coefficient (Wildman–Crippen LogP) is 6.28. The third kappa shape index (κ3) is 5.61. The Bertz CT molecular complexity index is 1420. The molecule has 0 spiro atoms. The van der Waals surface area contributed by atoms with Crippen LogP contribution in [0.25, 0.3) is 33.6 Å². The Balaban J connectivity index is 1.09. The van der Waals surface area contributed by atoms with Gasteiger partial charge in [0.1, 0.15) is 17.2 Å². The van der Waals surface area contributed by atoms with Crippen molar-refractivity contribution in [3.8, 4) is 33.6 Å². The van der Waals surface area contributed by atoms with Crippen molar-refractivity contribution < 1.29 is 9.53 Å². The third-order valence-corrected chi connectivity index (χ3v) is 7.53. The topological polar surface area (TPSA) is 98.9 Å². The molecule has 2 fully saturated rings. The van der Waals surface area contributed by atoms with Crippen molar-refractivity contribution in [1.82, 2.24) is 30.2 Å². The molecule has 0 saturated carbocycles. The molecular formula is C31H36N6O2. The molecule has 1 amide bonds. The van der Waals surface area contributed by atoms with Crippen LogP contribution in [0.3, 0.4) is 0 Å². The number of nitrogens with zero attached hydrogens (tertiary/aromatic N) is 3. The van der Waals surface area contributed by atoms with Gasteiger partial charge in [-0.2, -0.15) is 0 Å². The van der Waals surface area contributed by atoms with Crippen LogP contribution in [-0.2, 0) is 4.74 Å². The second-order valence-electron chi connectivity index (χ2n) is 11.6. The minimum absolute atomic E-state index is 0.185. The summed E-state index contributed by atoms with van der Waals surface area (Å²) in [5.41, 5.74) is 6.09. The van der Waals surface area contributed by atoms with Gasteiger partial charge in [-0.1, -0.05) is 48.5 Å². The normalized spacial score (nSPS) is 19.5. The first-order valence-electron chi connectivity index (χ1n) is 13.8. The molecule has 2 saturated heterocycles. The van der Waals surface area contributed by atoms with E-state index in [0.29, 0.717) is 19.1 Å². The number of hydrogen-bond acceptors (Lipinski definition) is 5. The summed E-state index contributed by atoms with van der Waals surface area (Å²) in [7, 11) is 0. The van der Waals surface area contributed by atoms with E-state index in [-0.39, 0.29) is 12.0 Å². The number of likely N-dealkylation sites (tertiary alicyclic amines) is 1. The summed E-state index contributed by atoms with van der Waals surface area (Å²) >= 11 is 0. The first kappa shape index (κ1) is 25.4. The summed E-state index contributed by atoms with van der Waals surface area (Å²) in [6.07, 6.45) is 6.77. The zero-order valence-corrected chi connectivity index (χ0v) is 22.8. The van der Waals surface area contributed by atoms with Crippen LogP contribution < -0.4 is 5.32 Å². The zero-order chi connectivity index (χ0) is 27.0. The maximum Gasteiger partial charge on any atom is 0.410 e. The highest BCUT2D eigenvalue weighted by Gasteiger charge is 2.32. The van der Waals surface area contributed by atoms with E-state index in [4.69, 9.17) is 4.74 Å². The van der Waals surface area contributed by atoms with E-state index >= 15 is 0 Å². The van der Waals surface area contributed by atoms with Gasteiger partial charge in [-0.05, 0) is 68.8 Å². The molecule has 2 aliphatic rings. The van der Waals surface area contributed by atoms with Crippen molar-refractivity contribution >= 4 is 6.09 Å². The summed E-state index contributed by atoms with van der Waals surface area (Å²) in [5, 5.41) is 3.49. The van der Waals surface area contributed by atoms with Gasteiger partial charge < -0.3 is 24.9 Å². The lowest BCUT2D eigenvalue weighted by atomic mass is 10.0. The molecule has 2 aliphatic heterocycles. The summed E-state index contributed by atoms with van der Waals surface area (Å²) in [6, 6.07) is 17.5. The van der Waals surface area contributed by atoms with Gasteiger partial charge in [-0.15, -0.1) is 0 Å². The Labute approximate surface area is 229 Å². The van der Waals surface area contributed by atoms with Crippen molar-refractivity contribution in [2.24, 2.45) is 0 Å². The molecule has 39 heavy (non-hydrogen) atoms. The van der Waals surface area contributed by atoms with Gasteiger partial charge in [0.05, 0.1) is 29.8 Å². The van der Waals surface area contributed by atoms with Gasteiger partial charge >= 0.3 is 6.09 Å². The van der Waals surface area contributed by atoms with Crippen molar-refractivity contribution in [2.75, 3.05) is 19.6 Å². The second-order valence-corrected chi connectivity index (χ2v) is 11.6. The summed E-state index contributed by atoms with van der Waals surface area (Å²) in [4.78, 5) is 30.4. The quantitative estimate of drug-likeness (QED) is 0.285. The van der Waals surface area contributed by atoms with E-state index in [0.717, 1.165) is 59.1 Å². The highest BCUT2D eigenvalue weighted by atomic mass is 16.6. The number of hydrogen-bond donors (Lipinski definition) is 3. The number of aromatic nitrogens is 4. The second kappa shape index (κ2) is 10.3. The molecule has 4 heterocycles. The van der Waals surface area contributed by atoms with Crippen LogP contribution in [0.5, 0.6) is 0 Å². The van der Waals surface area contributed by atoms with Gasteiger partial charge in [0, 0.05) is 19.0 Å². The third-order valence-electron chi connectivity index (χ3n) is 7.53. The van der Waals surface area contributed by atoms with Crippen molar-refractivity contribution in [2.45, 2.75) is 57.6 Å². The fourth-order valence-electron chi connectivity index (χ4n) is 5.43. The monoisotopic (exact) mass is 524 g/mol. The molecule has 2 unspecified atom stereocenters. The molecule has 6 rings (SSSR count). The Kier molecular flexibility index (Phi) is 6.73. The summed E-state index contributed by atoms with van der Waals surface area (Å²) < 4.78 is 5.53. The van der Waals surface area contributed by atoms with Crippen molar-refractivity contribution in [3.05, 3.63) is 72.6 Å². The first-order chi connectivity index (χ1) is 18.8. The highest BCUT2D eigenvalue weighted by Crippen LogP contribution is 2.30. The molecule has 202 valence electrons. The number of H-pyrrole nitrogens is 2. The minimum atomic E-state index is -0.489. The van der Waals surface area contributed by atoms with Crippen molar-refractivity contribution in [1.29, 1.82) is 0 Å². The van der Waals surface area contributed by atoms with E-state index in [1.165, 1.54) is 12.0 Å². The Morgan fingerprint density at radius 1 is 0.846 bits per heavy atom. The van der Waals surface area contributed by atoms with Crippen LogP contribution >= 0.6 is 0 Å². The Hall–Kier alpha value is -3.91. The van der Waals surface area contributed by atoms with Crippen LogP contribution in [0, 0.1) is 0 Å². The average Bonchev–Trinajstić information content (AvgIpc) is 3.74. The maximum absolute atomic E-state index is 12.4. The highest BCUT2D eigenvalue weighted by molar-refractivity contribution is 5.71. The molecular weight excluding hydrogens is 488 g/mol. The number of rotatable bonds is 5. The van der Waals surface area contributed by atoms with Crippen molar-refractivity contribution in [3.63, 3.8) is 0 Å². The number of benzene rings is 2. The molecule has 0 aliphatic carbocycles. The van der Waals surface area contributed by atoms with Crippen LogP contribution in [0.1, 0.15) is 63.6 Å². The zero-order valence-electron chi connectivity index (χ0n) is 22.8. The molecule has 0 radical (unpaired) electrons. The largest absolute Gasteiger partial charge is 0.444 e. The van der Waals surface area contributed by atoms with E-state index < -0.39 is 5.60 Å². The Morgan fingerprint density at radius 2 is 1.41 bits per heavy atom. The fraction of sp³-hybridized carbons (Fsp3) is 0.387. The summed E-state index contributed by atoms with van der Waals surface area (Å²) in [5.74, 6) is 2.13. The van der Waals surface area contributed by atoms with Gasteiger partial charge in [-0.25, -0.2) is 14.8 Å². The number of amides is 1. The van der Waals surface area contributed by atoms with Crippen LogP contribution in [-0.4, -0.2) is 56.2 Å². The molecule has 4 aromatic rings. The first-order valence-corrected chi connectivity index (χ1v) is 13.8. The molecule has 2 aromatic carbocycles. The van der Waals surface area contributed by atoms with Gasteiger partial charge in [0.15, 0.2) is 0 Å². The standard InChI is InChI=1S/C31H36N6O2/c1-31(2,3)39-30(38)37-16-14-24(19-37)28-33-17-26(35-28)22-10-6-20(7-11-22)21-8-12-23(13-9-21)27-18-34-29(36-27)25-5-4-15-32-25/h6-13,17-18,24-25,32H,4-5,14-16,19H2,1-3H3,(H,33,35)(H,34,36). The minimum Gasteiger partial charge on any atom is -0.444 e. The van der Waals surface area contributed by atoms with Gasteiger partial charge in [0.2, 0.25) is 0 Å². The molecule has 0 bridgehead atoms. The lowest BCUT2D eigenvalue weighted by Crippen LogP contribution is -2.35. The smallest absolute Gasteiger partial charge is 0.410 e. The molecule has 3 N–H and O–H groups in total. The molecule has 8 nitrogen and oxygen atoms in total. The van der Waals surface area contributed by atoms with Gasteiger partial charge in [0.25, 0.3) is 0 Å². The van der Waals surface area contributed by atoms with E-state index in [2.05, 4.69) is 73.8 Å².